The van der Waals surface area contributed by atoms with Gasteiger partial charge in [-0.3, -0.25) is 0 Å². The van der Waals surface area contributed by atoms with Gasteiger partial charge in [0, 0.05) is 46.2 Å². The number of H-pyrrole nitrogens is 2. The lowest BCUT2D eigenvalue weighted by atomic mass is 10.1. The first kappa shape index (κ1) is 23.8. The molecule has 6 aromatic rings. The maximum atomic E-state index is 3.48. The van der Waals surface area contributed by atoms with Gasteiger partial charge in [0.05, 0.1) is 0 Å². The maximum Gasteiger partial charge on any atom is 0.0464 e. The Balaban J connectivity index is 0.000000130. The number of hydrogen-bond donors (Lipinski definition) is 2. The van der Waals surface area contributed by atoms with Crippen LogP contribution in [-0.2, 0) is 0 Å². The van der Waals surface area contributed by atoms with E-state index in [0.29, 0.717) is 0 Å². The number of fused-ring (bicyclic) bond motifs is 2. The molecule has 0 aliphatic rings. The predicted octanol–water partition coefficient (Wildman–Crippen LogP) is 9.82. The van der Waals surface area contributed by atoms with Crippen LogP contribution in [0.1, 0.15) is 0 Å². The van der Waals surface area contributed by atoms with Crippen molar-refractivity contribution in [3.63, 3.8) is 0 Å². The summed E-state index contributed by atoms with van der Waals surface area (Å²) in [5.74, 6) is 0. The first-order valence-corrected chi connectivity index (χ1v) is 13.0. The Kier molecular flexibility index (Phi) is 8.42. The Morgan fingerprint density at radius 1 is 0.576 bits per heavy atom. The third-order valence-electron chi connectivity index (χ3n) is 4.92. The topological polar surface area (TPSA) is 31.6 Å². The Labute approximate surface area is 223 Å². The van der Waals surface area contributed by atoms with Crippen LogP contribution >= 0.6 is 54.5 Å². The van der Waals surface area contributed by atoms with Crippen molar-refractivity contribution in [2.75, 3.05) is 0 Å². The van der Waals surface area contributed by atoms with Crippen LogP contribution in [0, 0.1) is 3.57 Å². The van der Waals surface area contributed by atoms with Gasteiger partial charge in [-0.05, 0) is 88.8 Å². The minimum Gasteiger partial charge on any atom is -0.361 e. The maximum absolute atomic E-state index is 3.48. The molecule has 0 amide bonds. The summed E-state index contributed by atoms with van der Waals surface area (Å²) in [7, 11) is 0. The summed E-state index contributed by atoms with van der Waals surface area (Å²) in [5.41, 5.74) is 4.73. The van der Waals surface area contributed by atoms with Crippen molar-refractivity contribution in [2.45, 2.75) is 0 Å². The van der Waals surface area contributed by atoms with Crippen molar-refractivity contribution in [1.29, 1.82) is 0 Å². The average Bonchev–Trinajstić information content (AvgIpc) is 3.47. The first-order chi connectivity index (χ1) is 16.1. The molecule has 0 unspecified atom stereocenters. The van der Waals surface area contributed by atoms with E-state index in [-0.39, 0.29) is 0 Å². The highest BCUT2D eigenvalue weighted by molar-refractivity contribution is 14.1. The largest absolute Gasteiger partial charge is 0.361 e. The second kappa shape index (κ2) is 11.7. The molecule has 0 saturated heterocycles. The molecule has 164 valence electrons. The van der Waals surface area contributed by atoms with Gasteiger partial charge in [-0.2, -0.15) is 0 Å². The predicted molar refractivity (Wildman–Crippen MR) is 157 cm³/mol. The highest BCUT2D eigenvalue weighted by Crippen LogP contribution is 2.26. The van der Waals surface area contributed by atoms with Crippen LogP contribution < -0.4 is 0 Å². The van der Waals surface area contributed by atoms with Crippen LogP contribution in [0.25, 0.3) is 33.1 Å². The molecule has 2 heterocycles. The molecule has 0 bridgehead atoms. The van der Waals surface area contributed by atoms with Crippen molar-refractivity contribution in [3.05, 3.63) is 128 Å². The lowest BCUT2D eigenvalue weighted by Crippen LogP contribution is -1.74. The lowest BCUT2D eigenvalue weighted by Gasteiger charge is -1.94. The minimum absolute atomic E-state index is 1.11. The normalized spacial score (nSPS) is 10.3. The van der Waals surface area contributed by atoms with Crippen LogP contribution in [0.3, 0.4) is 0 Å². The molecule has 0 saturated carbocycles. The number of rotatable bonds is 1. The summed E-state index contributed by atoms with van der Waals surface area (Å²) < 4.78 is 3.53. The summed E-state index contributed by atoms with van der Waals surface area (Å²) in [4.78, 5) is 6.54. The first-order valence-electron chi connectivity index (χ1n) is 10.4. The zero-order chi connectivity index (χ0) is 23.0. The molecule has 2 N–H and O–H groups in total. The van der Waals surface area contributed by atoms with Gasteiger partial charge in [0.25, 0.3) is 0 Å². The van der Waals surface area contributed by atoms with E-state index in [9.17, 15) is 0 Å². The second-order valence-electron chi connectivity index (χ2n) is 7.29. The fourth-order valence-corrected chi connectivity index (χ4v) is 4.49. The molecule has 0 spiro atoms. The minimum atomic E-state index is 1.11. The van der Waals surface area contributed by atoms with E-state index >= 15 is 0 Å². The van der Waals surface area contributed by atoms with Gasteiger partial charge in [0.15, 0.2) is 0 Å². The number of aromatic nitrogens is 2. The van der Waals surface area contributed by atoms with E-state index in [1.54, 1.807) is 0 Å². The van der Waals surface area contributed by atoms with E-state index < -0.39 is 0 Å². The van der Waals surface area contributed by atoms with Gasteiger partial charge in [-0.1, -0.05) is 80.4 Å². The molecule has 4 aromatic carbocycles. The molecule has 2 nitrogen and oxygen atoms in total. The standard InChI is InChI=1S/C14H10BrN.C8H6BrN.C6H5I/c15-12-6-7-13-11(8-12)9-14(16-13)10-4-2-1-3-5-10;9-7-1-2-8-6(5-7)3-4-10-8;7-6-4-2-1-3-5-6/h1-9,16H;1-5,10H;1-5H. The van der Waals surface area contributed by atoms with Crippen LogP contribution in [0.5, 0.6) is 0 Å². The molecule has 33 heavy (non-hydrogen) atoms. The third kappa shape index (κ3) is 6.82. The Morgan fingerprint density at radius 3 is 1.82 bits per heavy atom. The molecule has 2 aromatic heterocycles. The number of nitrogens with one attached hydrogen (secondary N) is 2. The molecule has 0 fully saturated rings. The van der Waals surface area contributed by atoms with Gasteiger partial charge < -0.3 is 9.97 Å². The molecule has 0 aliphatic carbocycles. The summed E-state index contributed by atoms with van der Waals surface area (Å²) in [6.45, 7) is 0. The molecular formula is C28H21Br2IN2. The number of aromatic amines is 2. The van der Waals surface area contributed by atoms with Gasteiger partial charge >= 0.3 is 0 Å². The third-order valence-corrected chi connectivity index (χ3v) is 6.62. The van der Waals surface area contributed by atoms with E-state index in [1.165, 1.54) is 30.9 Å². The van der Waals surface area contributed by atoms with Crippen molar-refractivity contribution in [2.24, 2.45) is 0 Å². The summed E-state index contributed by atoms with van der Waals surface area (Å²) >= 11 is 9.17. The van der Waals surface area contributed by atoms with Crippen molar-refractivity contribution >= 4 is 76.3 Å². The summed E-state index contributed by atoms with van der Waals surface area (Å²) in [5, 5.41) is 2.47. The second-order valence-corrected chi connectivity index (χ2v) is 10.4. The Bertz CT molecular complexity index is 1440. The highest BCUT2D eigenvalue weighted by atomic mass is 127. The van der Waals surface area contributed by atoms with Crippen LogP contribution in [0.4, 0.5) is 0 Å². The van der Waals surface area contributed by atoms with Gasteiger partial charge in [-0.15, -0.1) is 0 Å². The molecule has 0 radical (unpaired) electrons. The van der Waals surface area contributed by atoms with Crippen molar-refractivity contribution in [3.8, 4) is 11.3 Å². The molecule has 5 heteroatoms. The Morgan fingerprint density at radius 2 is 1.18 bits per heavy atom. The smallest absolute Gasteiger partial charge is 0.0464 e. The van der Waals surface area contributed by atoms with E-state index in [4.69, 9.17) is 0 Å². The van der Waals surface area contributed by atoms with Crippen LogP contribution in [-0.4, -0.2) is 9.97 Å². The quantitative estimate of drug-likeness (QED) is 0.163. The van der Waals surface area contributed by atoms with Gasteiger partial charge in [-0.25, -0.2) is 0 Å². The fraction of sp³-hybridized carbons (Fsp3) is 0. The van der Waals surface area contributed by atoms with Crippen LogP contribution in [0.2, 0.25) is 0 Å². The zero-order valence-electron chi connectivity index (χ0n) is 17.6. The lowest BCUT2D eigenvalue weighted by molar-refractivity contribution is 1.45. The zero-order valence-corrected chi connectivity index (χ0v) is 22.9. The van der Waals surface area contributed by atoms with Crippen LogP contribution in [0.15, 0.2) is 124 Å². The van der Waals surface area contributed by atoms with Gasteiger partial charge in [0.1, 0.15) is 0 Å². The van der Waals surface area contributed by atoms with E-state index in [2.05, 4.69) is 137 Å². The van der Waals surface area contributed by atoms with Gasteiger partial charge in [0.2, 0.25) is 0 Å². The average molecular weight is 672 g/mol. The number of halogens is 3. The molecular weight excluding hydrogens is 651 g/mol. The monoisotopic (exact) mass is 670 g/mol. The molecule has 0 aliphatic heterocycles. The number of hydrogen-bond acceptors (Lipinski definition) is 0. The summed E-state index contributed by atoms with van der Waals surface area (Å²) in [6.07, 6.45) is 1.94. The fourth-order valence-electron chi connectivity index (χ4n) is 3.32. The molecule has 6 rings (SSSR count). The van der Waals surface area contributed by atoms with Crippen molar-refractivity contribution in [1.82, 2.24) is 9.97 Å². The summed E-state index contributed by atoms with van der Waals surface area (Å²) in [6, 6.07) is 37.2. The van der Waals surface area contributed by atoms with E-state index in [0.717, 1.165) is 14.6 Å². The van der Waals surface area contributed by atoms with Crippen molar-refractivity contribution < 1.29 is 0 Å². The SMILES string of the molecule is Brc1ccc2[nH]c(-c3ccccc3)cc2c1.Brc1ccc2[nH]ccc2c1.Ic1ccccc1. The Hall–Kier alpha value is -2.35. The molecule has 0 atom stereocenters. The highest BCUT2D eigenvalue weighted by Gasteiger charge is 2.02. The van der Waals surface area contributed by atoms with E-state index in [1.807, 2.05) is 42.6 Å². The number of benzene rings is 4.